The standard InChI is InChI=1S/C20H24N4OS/c1-2-12-24-19(16-6-4-3-5-7-16)22-23-20(24)26-13-17(25)21-18(14-8-9-14)15-10-11-15/h2-7,14-15,18H,1,8-13H2,(H,21,25). The highest BCUT2D eigenvalue weighted by Gasteiger charge is 2.42. The summed E-state index contributed by atoms with van der Waals surface area (Å²) in [5.74, 6) is 2.71. The van der Waals surface area contributed by atoms with Crippen molar-refractivity contribution in [3.05, 3.63) is 43.0 Å². The topological polar surface area (TPSA) is 59.8 Å². The smallest absolute Gasteiger partial charge is 0.230 e. The highest BCUT2D eigenvalue weighted by atomic mass is 32.2. The van der Waals surface area contributed by atoms with Crippen LogP contribution in [0.3, 0.4) is 0 Å². The Hall–Kier alpha value is -2.08. The van der Waals surface area contributed by atoms with Crippen molar-refractivity contribution in [2.24, 2.45) is 11.8 Å². The summed E-state index contributed by atoms with van der Waals surface area (Å²) in [4.78, 5) is 12.4. The van der Waals surface area contributed by atoms with Gasteiger partial charge in [-0.2, -0.15) is 0 Å². The van der Waals surface area contributed by atoms with Crippen LogP contribution < -0.4 is 5.32 Å². The minimum absolute atomic E-state index is 0.105. The van der Waals surface area contributed by atoms with Gasteiger partial charge in [-0.3, -0.25) is 9.36 Å². The molecule has 2 aliphatic carbocycles. The van der Waals surface area contributed by atoms with Crippen molar-refractivity contribution < 1.29 is 4.79 Å². The molecule has 136 valence electrons. The van der Waals surface area contributed by atoms with Crippen LogP contribution >= 0.6 is 11.8 Å². The van der Waals surface area contributed by atoms with Gasteiger partial charge in [-0.05, 0) is 37.5 Å². The zero-order valence-electron chi connectivity index (χ0n) is 14.8. The van der Waals surface area contributed by atoms with E-state index in [1.807, 2.05) is 41.0 Å². The normalized spacial score (nSPS) is 16.7. The number of rotatable bonds is 9. The van der Waals surface area contributed by atoms with Gasteiger partial charge in [-0.15, -0.1) is 16.8 Å². The first-order valence-corrected chi connectivity index (χ1v) is 10.3. The van der Waals surface area contributed by atoms with Crippen LogP contribution in [0.15, 0.2) is 48.1 Å². The molecule has 26 heavy (non-hydrogen) atoms. The van der Waals surface area contributed by atoms with Crippen molar-refractivity contribution >= 4 is 17.7 Å². The monoisotopic (exact) mass is 368 g/mol. The number of nitrogens with one attached hydrogen (secondary N) is 1. The molecule has 2 saturated carbocycles. The summed E-state index contributed by atoms with van der Waals surface area (Å²) in [7, 11) is 0. The van der Waals surface area contributed by atoms with E-state index in [0.717, 1.165) is 16.5 Å². The number of benzene rings is 1. The average molecular weight is 369 g/mol. The van der Waals surface area contributed by atoms with Gasteiger partial charge in [0.1, 0.15) is 0 Å². The molecule has 2 fully saturated rings. The van der Waals surface area contributed by atoms with Crippen LogP contribution in [0.25, 0.3) is 11.4 Å². The molecule has 0 aliphatic heterocycles. The van der Waals surface area contributed by atoms with E-state index in [1.165, 1.54) is 37.4 Å². The van der Waals surface area contributed by atoms with Crippen molar-refractivity contribution in [1.29, 1.82) is 0 Å². The number of carbonyl (C=O) groups excluding carboxylic acids is 1. The summed E-state index contributed by atoms with van der Waals surface area (Å²) in [6.45, 7) is 4.45. The largest absolute Gasteiger partial charge is 0.352 e. The molecule has 1 aromatic heterocycles. The Kier molecular flexibility index (Phi) is 5.11. The van der Waals surface area contributed by atoms with E-state index in [-0.39, 0.29) is 5.91 Å². The fourth-order valence-corrected chi connectivity index (χ4v) is 4.14. The van der Waals surface area contributed by atoms with Crippen LogP contribution in [-0.4, -0.2) is 32.5 Å². The van der Waals surface area contributed by atoms with Crippen molar-refractivity contribution in [1.82, 2.24) is 20.1 Å². The summed E-state index contributed by atoms with van der Waals surface area (Å²) in [5.41, 5.74) is 1.01. The third-order valence-corrected chi connectivity index (χ3v) is 5.95. The number of amides is 1. The van der Waals surface area contributed by atoms with E-state index >= 15 is 0 Å². The van der Waals surface area contributed by atoms with Crippen molar-refractivity contribution in [3.63, 3.8) is 0 Å². The number of nitrogens with zero attached hydrogens (tertiary/aromatic N) is 3. The minimum Gasteiger partial charge on any atom is -0.352 e. The number of thioether (sulfide) groups is 1. The molecule has 4 rings (SSSR count). The molecule has 0 atom stereocenters. The molecule has 0 unspecified atom stereocenters. The summed E-state index contributed by atoms with van der Waals surface area (Å²) in [6, 6.07) is 10.4. The third-order valence-electron chi connectivity index (χ3n) is 4.98. The van der Waals surface area contributed by atoms with Crippen LogP contribution in [0.2, 0.25) is 0 Å². The van der Waals surface area contributed by atoms with Crippen molar-refractivity contribution in [2.45, 2.75) is 43.4 Å². The third kappa shape index (κ3) is 4.01. The van der Waals surface area contributed by atoms with E-state index in [2.05, 4.69) is 22.1 Å². The van der Waals surface area contributed by atoms with Crippen molar-refractivity contribution in [3.8, 4) is 11.4 Å². The van der Waals surface area contributed by atoms with E-state index in [4.69, 9.17) is 0 Å². The zero-order chi connectivity index (χ0) is 17.9. The van der Waals surface area contributed by atoms with Crippen molar-refractivity contribution in [2.75, 3.05) is 5.75 Å². The molecular formula is C20H24N4OS. The lowest BCUT2D eigenvalue weighted by Gasteiger charge is -2.17. The van der Waals surface area contributed by atoms with Gasteiger partial charge in [-0.1, -0.05) is 48.2 Å². The molecule has 1 heterocycles. The lowest BCUT2D eigenvalue weighted by Crippen LogP contribution is -2.39. The Morgan fingerprint density at radius 3 is 2.54 bits per heavy atom. The lowest BCUT2D eigenvalue weighted by atomic mass is 10.1. The lowest BCUT2D eigenvalue weighted by molar-refractivity contribution is -0.119. The predicted octanol–water partition coefficient (Wildman–Crippen LogP) is 3.53. The van der Waals surface area contributed by atoms with E-state index in [9.17, 15) is 4.79 Å². The Bertz CT molecular complexity index is 768. The van der Waals surface area contributed by atoms with Crippen LogP contribution in [0.4, 0.5) is 0 Å². The number of hydrogen-bond acceptors (Lipinski definition) is 4. The number of allylic oxidation sites excluding steroid dienone is 1. The molecule has 1 N–H and O–H groups in total. The highest BCUT2D eigenvalue weighted by Crippen LogP contribution is 2.44. The fourth-order valence-electron chi connectivity index (χ4n) is 3.38. The van der Waals surface area contributed by atoms with E-state index in [0.29, 0.717) is 30.2 Å². The maximum atomic E-state index is 12.4. The maximum absolute atomic E-state index is 12.4. The summed E-state index contributed by atoms with van der Waals surface area (Å²) in [5, 5.41) is 12.7. The first-order chi connectivity index (χ1) is 12.8. The molecule has 1 aromatic carbocycles. The maximum Gasteiger partial charge on any atom is 0.230 e. The van der Waals surface area contributed by atoms with Crippen LogP contribution in [0, 0.1) is 11.8 Å². The second-order valence-electron chi connectivity index (χ2n) is 7.13. The molecule has 6 heteroatoms. The molecule has 1 amide bonds. The van der Waals surface area contributed by atoms with Gasteiger partial charge in [0, 0.05) is 18.2 Å². The number of hydrogen-bond donors (Lipinski definition) is 1. The van der Waals surface area contributed by atoms with Gasteiger partial charge in [-0.25, -0.2) is 0 Å². The Labute approximate surface area is 158 Å². The van der Waals surface area contributed by atoms with E-state index in [1.54, 1.807) is 0 Å². The number of carbonyl (C=O) groups is 1. The van der Waals surface area contributed by atoms with Gasteiger partial charge in [0.25, 0.3) is 0 Å². The van der Waals surface area contributed by atoms with Crippen LogP contribution in [-0.2, 0) is 11.3 Å². The van der Waals surface area contributed by atoms with E-state index < -0.39 is 0 Å². The SMILES string of the molecule is C=CCn1c(SCC(=O)NC(C2CC2)C2CC2)nnc1-c1ccccc1. The Morgan fingerprint density at radius 2 is 1.92 bits per heavy atom. The molecule has 0 bridgehead atoms. The molecule has 0 saturated heterocycles. The van der Waals surface area contributed by atoms with Crippen LogP contribution in [0.1, 0.15) is 25.7 Å². The van der Waals surface area contributed by atoms with Gasteiger partial charge in [0.2, 0.25) is 5.91 Å². The highest BCUT2D eigenvalue weighted by molar-refractivity contribution is 7.99. The second-order valence-corrected chi connectivity index (χ2v) is 8.07. The van der Waals surface area contributed by atoms with Gasteiger partial charge in [0.05, 0.1) is 5.75 Å². The first-order valence-electron chi connectivity index (χ1n) is 9.28. The minimum atomic E-state index is 0.105. The summed E-state index contributed by atoms with van der Waals surface area (Å²) in [6.07, 6.45) is 6.90. The summed E-state index contributed by atoms with van der Waals surface area (Å²) >= 11 is 1.45. The Morgan fingerprint density at radius 1 is 1.23 bits per heavy atom. The molecule has 5 nitrogen and oxygen atoms in total. The average Bonchev–Trinajstić information content (AvgIpc) is 3.58. The van der Waals surface area contributed by atoms with Gasteiger partial charge >= 0.3 is 0 Å². The number of aromatic nitrogens is 3. The molecule has 0 spiro atoms. The fraction of sp³-hybridized carbons (Fsp3) is 0.450. The zero-order valence-corrected chi connectivity index (χ0v) is 15.6. The molecule has 2 aliphatic rings. The van der Waals surface area contributed by atoms with Gasteiger partial charge in [0.15, 0.2) is 11.0 Å². The quantitative estimate of drug-likeness (QED) is 0.543. The predicted molar refractivity (Wildman–Crippen MR) is 104 cm³/mol. The Balaban J connectivity index is 1.41. The summed E-state index contributed by atoms with van der Waals surface area (Å²) < 4.78 is 2.01. The van der Waals surface area contributed by atoms with Gasteiger partial charge < -0.3 is 5.32 Å². The molecule has 0 radical (unpaired) electrons. The molecular weight excluding hydrogens is 344 g/mol. The first kappa shape index (κ1) is 17.3. The second kappa shape index (κ2) is 7.66. The van der Waals surface area contributed by atoms with Crippen LogP contribution in [0.5, 0.6) is 0 Å². The molecule has 2 aromatic rings.